The highest BCUT2D eigenvalue weighted by atomic mass is 16.5. The van der Waals surface area contributed by atoms with Crippen molar-refractivity contribution in [3.8, 4) is 11.5 Å². The van der Waals surface area contributed by atoms with Crippen LogP contribution in [0.5, 0.6) is 11.5 Å². The Morgan fingerprint density at radius 2 is 1.11 bits per heavy atom. The first-order valence-corrected chi connectivity index (χ1v) is 19.9. The average Bonchev–Trinajstić information content (AvgIpc) is 3.16. The second kappa shape index (κ2) is 25.6. The lowest BCUT2D eigenvalue weighted by atomic mass is 9.88. The number of fused-ring (bicyclic) bond motifs is 1. The maximum atomic E-state index is 12.4. The van der Waals surface area contributed by atoms with Gasteiger partial charge in [-0.15, -0.1) is 0 Å². The predicted molar refractivity (Wildman–Crippen MR) is 205 cm³/mol. The van der Waals surface area contributed by atoms with Gasteiger partial charge in [-0.2, -0.15) is 0 Å². The molecule has 1 unspecified atom stereocenters. The van der Waals surface area contributed by atoms with Gasteiger partial charge in [0.15, 0.2) is 0 Å². The molecular weight excluding hydrogens is 728 g/mol. The van der Waals surface area contributed by atoms with Gasteiger partial charge in [0.1, 0.15) is 17.1 Å². The minimum atomic E-state index is -0.565. The van der Waals surface area contributed by atoms with E-state index in [1.807, 2.05) is 13.8 Å². The molecule has 1 aromatic rings. The highest BCUT2D eigenvalue weighted by Gasteiger charge is 2.33. The summed E-state index contributed by atoms with van der Waals surface area (Å²) >= 11 is 0. The second-order valence-electron chi connectivity index (χ2n) is 14.7. The van der Waals surface area contributed by atoms with E-state index in [4.69, 9.17) is 4.74 Å². The molecule has 1 aliphatic rings. The molecule has 17 heteroatoms. The van der Waals surface area contributed by atoms with Crippen molar-refractivity contribution in [1.82, 2.24) is 31.1 Å². The predicted octanol–water partition coefficient (Wildman–Crippen LogP) is 3.66. The summed E-state index contributed by atoms with van der Waals surface area (Å²) < 4.78 is 6.25. The maximum Gasteiger partial charge on any atom is 0.246 e. The van der Waals surface area contributed by atoms with E-state index in [2.05, 4.69) is 16.0 Å². The van der Waals surface area contributed by atoms with Crippen molar-refractivity contribution in [1.29, 1.82) is 0 Å². The van der Waals surface area contributed by atoms with E-state index < -0.39 is 23.3 Å². The Bertz CT molecular complexity index is 1440. The molecular formula is C39H64N6O11. The summed E-state index contributed by atoms with van der Waals surface area (Å²) in [5, 5.41) is 49.4. The zero-order valence-electron chi connectivity index (χ0n) is 33.4. The third-order valence-electron chi connectivity index (χ3n) is 9.67. The van der Waals surface area contributed by atoms with Gasteiger partial charge in [0, 0.05) is 78.3 Å². The summed E-state index contributed by atoms with van der Waals surface area (Å²) in [6.07, 6.45) is 7.59. The fourth-order valence-electron chi connectivity index (χ4n) is 6.15. The molecule has 0 aromatic heterocycles. The van der Waals surface area contributed by atoms with Crippen molar-refractivity contribution in [2.75, 3.05) is 39.3 Å². The largest absolute Gasteiger partial charge is 0.508 e. The molecule has 1 aromatic carbocycles. The number of hydrogen-bond acceptors (Lipinski definition) is 11. The van der Waals surface area contributed by atoms with Crippen molar-refractivity contribution in [2.24, 2.45) is 0 Å². The number of aryl methyl sites for hydroxylation is 2. The van der Waals surface area contributed by atoms with E-state index in [1.54, 1.807) is 12.1 Å². The number of aromatic hydroxyl groups is 1. The molecule has 1 heterocycles. The first-order chi connectivity index (χ1) is 26.6. The number of hydrogen-bond donors (Lipinski definition) is 7. The first-order valence-electron chi connectivity index (χ1n) is 19.9. The molecule has 0 aliphatic carbocycles. The molecule has 0 saturated heterocycles. The molecule has 1 atom stereocenters. The molecule has 2 rings (SSSR count). The number of carbonyl (C=O) groups is 6. The van der Waals surface area contributed by atoms with Crippen LogP contribution in [0.15, 0.2) is 12.1 Å². The van der Waals surface area contributed by atoms with Gasteiger partial charge in [0.05, 0.1) is 0 Å². The summed E-state index contributed by atoms with van der Waals surface area (Å²) in [5.74, 6) is -1.23. The van der Waals surface area contributed by atoms with E-state index in [-0.39, 0.29) is 68.8 Å². The van der Waals surface area contributed by atoms with Gasteiger partial charge in [-0.05, 0) is 114 Å². The molecule has 316 valence electrons. The number of carbonyl (C=O) groups excluding carboxylic acids is 6. The number of unbranched alkanes of at least 4 members (excludes halogenated alkanes) is 6. The zero-order chi connectivity index (χ0) is 41.5. The Kier molecular flexibility index (Phi) is 21.8. The number of phenolic OH excluding ortho intramolecular Hbond substituents is 1. The number of phenols is 1. The van der Waals surface area contributed by atoms with Gasteiger partial charge in [-0.3, -0.25) is 44.4 Å². The number of rotatable bonds is 27. The van der Waals surface area contributed by atoms with E-state index in [1.165, 1.54) is 6.92 Å². The topological polar surface area (TPSA) is 238 Å². The molecule has 6 amide bonds. The van der Waals surface area contributed by atoms with Crippen LogP contribution in [0.25, 0.3) is 0 Å². The maximum absolute atomic E-state index is 12.4. The molecule has 0 saturated carbocycles. The lowest BCUT2D eigenvalue weighted by molar-refractivity contribution is -0.166. The van der Waals surface area contributed by atoms with E-state index in [0.717, 1.165) is 29.7 Å². The molecule has 0 bridgehead atoms. The van der Waals surface area contributed by atoms with Crippen LogP contribution in [-0.4, -0.2) is 116 Å². The van der Waals surface area contributed by atoms with Gasteiger partial charge < -0.3 is 25.8 Å². The second-order valence-corrected chi connectivity index (χ2v) is 14.7. The summed E-state index contributed by atoms with van der Waals surface area (Å²) in [6.45, 7) is 6.85. The molecule has 7 N–H and O–H groups in total. The van der Waals surface area contributed by atoms with Gasteiger partial charge in [0.2, 0.25) is 35.4 Å². The fourth-order valence-corrected chi connectivity index (χ4v) is 6.15. The lowest BCUT2D eigenvalue weighted by Gasteiger charge is -2.36. The van der Waals surface area contributed by atoms with Crippen molar-refractivity contribution >= 4 is 35.4 Å². The third-order valence-corrected chi connectivity index (χ3v) is 9.67. The standard InChI is InChI=1S/C39H64N6O11/c1-29-27-32(47)28-31-17-19-39(3,56-38(29)31)20-18-35(50)42-23-9-6-12-26-45(55)37(52)16-14-34(49)41-22-8-5-11-25-44(54)36(51)15-13-33(48)40-21-7-4-10-24-43(53)30(2)46/h27-28,47,53-55H,4-26H2,1-3H3,(H,40,48)(H,41,49)(H,42,50). The summed E-state index contributed by atoms with van der Waals surface area (Å²) in [6, 6.07) is 3.40. The van der Waals surface area contributed by atoms with Crippen molar-refractivity contribution in [2.45, 2.75) is 136 Å². The van der Waals surface area contributed by atoms with Crippen LogP contribution in [0.1, 0.15) is 128 Å². The highest BCUT2D eigenvalue weighted by molar-refractivity contribution is 5.83. The Labute approximate surface area is 330 Å². The first kappa shape index (κ1) is 47.7. The lowest BCUT2D eigenvalue weighted by Crippen LogP contribution is -2.38. The number of amides is 6. The van der Waals surface area contributed by atoms with Crippen LogP contribution in [-0.2, 0) is 35.2 Å². The number of nitrogens with one attached hydrogen (secondary N) is 3. The molecule has 17 nitrogen and oxygen atoms in total. The third kappa shape index (κ3) is 19.4. The van der Waals surface area contributed by atoms with Crippen LogP contribution in [0.4, 0.5) is 0 Å². The fraction of sp³-hybridized carbons (Fsp3) is 0.692. The van der Waals surface area contributed by atoms with Crippen molar-refractivity contribution in [3.05, 3.63) is 23.3 Å². The number of benzene rings is 1. The van der Waals surface area contributed by atoms with Crippen molar-refractivity contribution < 1.29 is 54.2 Å². The normalized spacial score (nSPS) is 14.5. The van der Waals surface area contributed by atoms with E-state index in [0.29, 0.717) is 105 Å². The monoisotopic (exact) mass is 792 g/mol. The van der Waals surface area contributed by atoms with Gasteiger partial charge in [0.25, 0.3) is 0 Å². The van der Waals surface area contributed by atoms with Gasteiger partial charge in [-0.25, -0.2) is 15.2 Å². The molecule has 0 fully saturated rings. The Morgan fingerprint density at radius 1 is 0.661 bits per heavy atom. The zero-order valence-corrected chi connectivity index (χ0v) is 33.4. The smallest absolute Gasteiger partial charge is 0.246 e. The summed E-state index contributed by atoms with van der Waals surface area (Å²) in [5.41, 5.74) is 1.39. The van der Waals surface area contributed by atoms with E-state index in [9.17, 15) is 49.5 Å². The van der Waals surface area contributed by atoms with Crippen molar-refractivity contribution in [3.63, 3.8) is 0 Å². The summed E-state index contributed by atoms with van der Waals surface area (Å²) in [7, 11) is 0. The van der Waals surface area contributed by atoms with Crippen LogP contribution < -0.4 is 20.7 Å². The Morgan fingerprint density at radius 3 is 1.57 bits per heavy atom. The van der Waals surface area contributed by atoms with Crippen LogP contribution in [0, 0.1) is 6.92 Å². The quantitative estimate of drug-likeness (QED) is 0.0386. The SMILES string of the molecule is CC(=O)N(O)CCCCCNC(=O)CCC(=O)N(O)CCCCCNC(=O)CCC(=O)N(O)CCCCCNC(=O)CCC1(C)CCc2cc(O)cc(C)c2O1. The summed E-state index contributed by atoms with van der Waals surface area (Å²) in [4.78, 5) is 71.8. The Hall–Kier alpha value is -4.48. The van der Waals surface area contributed by atoms with E-state index >= 15 is 0 Å². The minimum Gasteiger partial charge on any atom is -0.508 e. The molecule has 0 spiro atoms. The highest BCUT2D eigenvalue weighted by Crippen LogP contribution is 2.39. The van der Waals surface area contributed by atoms with Crippen LogP contribution in [0.3, 0.4) is 0 Å². The Balaban J connectivity index is 1.42. The number of nitrogens with zero attached hydrogens (tertiary/aromatic N) is 3. The van der Waals surface area contributed by atoms with Crippen LogP contribution in [0.2, 0.25) is 0 Å². The molecule has 1 aliphatic heterocycles. The van der Waals surface area contributed by atoms with Crippen LogP contribution >= 0.6 is 0 Å². The van der Waals surface area contributed by atoms with Gasteiger partial charge in [-0.1, -0.05) is 0 Å². The number of ether oxygens (including phenoxy) is 1. The number of hydroxylamine groups is 6. The average molecular weight is 793 g/mol. The molecule has 56 heavy (non-hydrogen) atoms. The van der Waals surface area contributed by atoms with Gasteiger partial charge >= 0.3 is 0 Å². The minimum absolute atomic E-state index is 0.0581. The molecule has 0 radical (unpaired) electrons.